The third-order valence-electron chi connectivity index (χ3n) is 3.89. The van der Waals surface area contributed by atoms with Crippen molar-refractivity contribution in [2.45, 2.75) is 0 Å². The van der Waals surface area contributed by atoms with E-state index >= 15 is 0 Å². The Hall–Kier alpha value is -3.33. The molecule has 0 atom stereocenters. The first kappa shape index (κ1) is 19.4. The fraction of sp³-hybridized carbons (Fsp3) is 0.105. The number of hydrogen-bond donors (Lipinski definition) is 3. The highest BCUT2D eigenvalue weighted by molar-refractivity contribution is 7.99. The van der Waals surface area contributed by atoms with Crippen LogP contribution in [0.2, 0.25) is 0 Å². The summed E-state index contributed by atoms with van der Waals surface area (Å²) in [5.41, 5.74) is 1.83. The van der Waals surface area contributed by atoms with Crippen molar-refractivity contribution in [1.82, 2.24) is 9.97 Å². The molecule has 9 heteroatoms. The number of halogens is 1. The molecule has 1 aromatic heterocycles. The van der Waals surface area contributed by atoms with Gasteiger partial charge in [-0.05, 0) is 36.4 Å². The van der Waals surface area contributed by atoms with Crippen molar-refractivity contribution in [3.8, 4) is 0 Å². The molecular weight excluding hydrogens is 381 g/mol. The highest BCUT2D eigenvalue weighted by Crippen LogP contribution is 2.30. The van der Waals surface area contributed by atoms with Crippen molar-refractivity contribution < 1.29 is 14.3 Å². The van der Waals surface area contributed by atoms with Gasteiger partial charge in [-0.2, -0.15) is 4.98 Å². The Morgan fingerprint density at radius 1 is 1.18 bits per heavy atom. The summed E-state index contributed by atoms with van der Waals surface area (Å²) in [5.74, 6) is -1.34. The van der Waals surface area contributed by atoms with Gasteiger partial charge in [-0.25, -0.2) is 14.2 Å². The Bertz CT molecular complexity index is 1000. The smallest absolute Gasteiger partial charge is 0.338 e. The highest BCUT2D eigenvalue weighted by atomic mass is 32.2. The van der Waals surface area contributed by atoms with Gasteiger partial charge in [0.15, 0.2) is 0 Å². The van der Waals surface area contributed by atoms with Crippen LogP contribution < -0.4 is 14.9 Å². The summed E-state index contributed by atoms with van der Waals surface area (Å²) in [6, 6.07) is 13.3. The number of para-hydroxylation sites is 2. The SMILES string of the molecule is CSN(C)c1ccccc1Nc1ccnc(Nc2ccc(C(=O)O)c(F)c2)n1. The quantitative estimate of drug-likeness (QED) is 0.500. The molecular formula is C19H18FN5O2S. The summed E-state index contributed by atoms with van der Waals surface area (Å²) in [4.78, 5) is 19.4. The van der Waals surface area contributed by atoms with Gasteiger partial charge < -0.3 is 20.0 Å². The molecule has 0 saturated heterocycles. The summed E-state index contributed by atoms with van der Waals surface area (Å²) in [7, 11) is 1.97. The minimum atomic E-state index is -1.32. The average Bonchev–Trinajstić information content (AvgIpc) is 2.68. The van der Waals surface area contributed by atoms with Crippen LogP contribution in [0.5, 0.6) is 0 Å². The van der Waals surface area contributed by atoms with Gasteiger partial charge >= 0.3 is 5.97 Å². The molecule has 2 aromatic carbocycles. The lowest BCUT2D eigenvalue weighted by molar-refractivity contribution is 0.0692. The Balaban J connectivity index is 1.80. The van der Waals surface area contributed by atoms with Crippen molar-refractivity contribution in [2.24, 2.45) is 0 Å². The van der Waals surface area contributed by atoms with Crippen LogP contribution in [0.25, 0.3) is 0 Å². The third-order valence-corrected chi connectivity index (χ3v) is 4.64. The zero-order valence-corrected chi connectivity index (χ0v) is 16.0. The van der Waals surface area contributed by atoms with Gasteiger partial charge in [-0.1, -0.05) is 24.1 Å². The zero-order valence-electron chi connectivity index (χ0n) is 15.2. The molecule has 3 aromatic rings. The fourth-order valence-corrected chi connectivity index (χ4v) is 2.83. The van der Waals surface area contributed by atoms with E-state index in [1.807, 2.05) is 41.9 Å². The molecule has 0 unspecified atom stereocenters. The number of nitrogens with zero attached hydrogens (tertiary/aromatic N) is 3. The monoisotopic (exact) mass is 399 g/mol. The van der Waals surface area contributed by atoms with E-state index in [-0.39, 0.29) is 5.95 Å². The molecule has 0 aliphatic heterocycles. The lowest BCUT2D eigenvalue weighted by Crippen LogP contribution is -2.08. The Morgan fingerprint density at radius 2 is 1.96 bits per heavy atom. The van der Waals surface area contributed by atoms with Crippen LogP contribution in [0.3, 0.4) is 0 Å². The first-order valence-corrected chi connectivity index (χ1v) is 9.43. The number of anilines is 5. The maximum atomic E-state index is 13.8. The highest BCUT2D eigenvalue weighted by Gasteiger charge is 2.11. The predicted molar refractivity (Wildman–Crippen MR) is 110 cm³/mol. The molecule has 0 spiro atoms. The minimum Gasteiger partial charge on any atom is -0.478 e. The van der Waals surface area contributed by atoms with E-state index in [2.05, 4.69) is 20.6 Å². The van der Waals surface area contributed by atoms with E-state index in [0.717, 1.165) is 17.4 Å². The maximum Gasteiger partial charge on any atom is 0.338 e. The Kier molecular flexibility index (Phi) is 5.95. The summed E-state index contributed by atoms with van der Waals surface area (Å²) in [6.07, 6.45) is 3.55. The van der Waals surface area contributed by atoms with Crippen LogP contribution in [0.15, 0.2) is 54.7 Å². The number of rotatable bonds is 7. The lowest BCUT2D eigenvalue weighted by atomic mass is 10.2. The molecule has 0 saturated carbocycles. The van der Waals surface area contributed by atoms with Crippen molar-refractivity contribution >= 4 is 46.7 Å². The van der Waals surface area contributed by atoms with E-state index in [9.17, 15) is 9.18 Å². The molecule has 0 amide bonds. The van der Waals surface area contributed by atoms with Crippen molar-refractivity contribution in [1.29, 1.82) is 0 Å². The van der Waals surface area contributed by atoms with Gasteiger partial charge in [0.25, 0.3) is 0 Å². The van der Waals surface area contributed by atoms with E-state index in [1.54, 1.807) is 24.2 Å². The summed E-state index contributed by atoms with van der Waals surface area (Å²) in [6.45, 7) is 0. The molecule has 0 aliphatic rings. The molecule has 3 N–H and O–H groups in total. The van der Waals surface area contributed by atoms with Crippen molar-refractivity contribution in [3.05, 3.63) is 66.1 Å². The Labute approximate surface area is 165 Å². The van der Waals surface area contributed by atoms with Crippen LogP contribution in [-0.2, 0) is 0 Å². The molecule has 3 rings (SSSR count). The van der Waals surface area contributed by atoms with Gasteiger partial charge in [0, 0.05) is 25.2 Å². The number of carboxylic acids is 1. The molecule has 144 valence electrons. The van der Waals surface area contributed by atoms with Gasteiger partial charge in [-0.15, -0.1) is 0 Å². The summed E-state index contributed by atoms with van der Waals surface area (Å²) < 4.78 is 15.9. The third kappa shape index (κ3) is 4.49. The second-order valence-corrected chi connectivity index (χ2v) is 6.63. The molecule has 0 aliphatic carbocycles. The molecule has 0 radical (unpaired) electrons. The topological polar surface area (TPSA) is 90.4 Å². The average molecular weight is 399 g/mol. The van der Waals surface area contributed by atoms with E-state index in [4.69, 9.17) is 5.11 Å². The fourth-order valence-electron chi connectivity index (χ4n) is 2.47. The second-order valence-electron chi connectivity index (χ2n) is 5.71. The van der Waals surface area contributed by atoms with Gasteiger partial charge in [0.05, 0.1) is 16.9 Å². The van der Waals surface area contributed by atoms with Crippen molar-refractivity contribution in [3.63, 3.8) is 0 Å². The zero-order chi connectivity index (χ0) is 20.1. The number of carboxylic acid groups (broad SMARTS) is 1. The van der Waals surface area contributed by atoms with Gasteiger partial charge in [0.1, 0.15) is 11.6 Å². The number of aromatic carboxylic acids is 1. The predicted octanol–water partition coefficient (Wildman–Crippen LogP) is 4.52. The number of nitrogens with one attached hydrogen (secondary N) is 2. The number of carbonyl (C=O) groups is 1. The summed E-state index contributed by atoms with van der Waals surface area (Å²) in [5, 5.41) is 15.0. The molecule has 7 nitrogen and oxygen atoms in total. The maximum absolute atomic E-state index is 13.8. The number of hydrogen-bond acceptors (Lipinski definition) is 7. The van der Waals surface area contributed by atoms with Gasteiger partial charge in [-0.3, -0.25) is 0 Å². The molecule has 0 fully saturated rings. The van der Waals surface area contributed by atoms with E-state index in [1.165, 1.54) is 12.1 Å². The number of benzene rings is 2. The standard InChI is InChI=1S/C19H18FN5O2S/c1-25(28-2)16-6-4-3-5-15(16)23-17-9-10-21-19(24-17)22-12-7-8-13(18(26)27)14(20)11-12/h3-11H,1-2H3,(H,26,27)(H2,21,22,23,24). The molecule has 1 heterocycles. The van der Waals surface area contributed by atoms with Crippen LogP contribution >= 0.6 is 11.9 Å². The van der Waals surface area contributed by atoms with E-state index < -0.39 is 17.3 Å². The van der Waals surface area contributed by atoms with E-state index in [0.29, 0.717) is 11.5 Å². The summed E-state index contributed by atoms with van der Waals surface area (Å²) >= 11 is 1.58. The molecule has 28 heavy (non-hydrogen) atoms. The first-order valence-electron chi connectivity index (χ1n) is 8.24. The van der Waals surface area contributed by atoms with Crippen LogP contribution in [0.1, 0.15) is 10.4 Å². The minimum absolute atomic E-state index is 0.253. The first-order chi connectivity index (χ1) is 13.5. The van der Waals surface area contributed by atoms with Crippen LogP contribution in [0.4, 0.5) is 33.2 Å². The largest absolute Gasteiger partial charge is 0.478 e. The van der Waals surface area contributed by atoms with Gasteiger partial charge in [0.2, 0.25) is 5.95 Å². The van der Waals surface area contributed by atoms with Crippen molar-refractivity contribution in [2.75, 3.05) is 28.2 Å². The van der Waals surface area contributed by atoms with Crippen LogP contribution in [-0.4, -0.2) is 34.3 Å². The Morgan fingerprint density at radius 3 is 2.68 bits per heavy atom. The normalized spacial score (nSPS) is 10.4. The van der Waals surface area contributed by atoms with Crippen LogP contribution in [0, 0.1) is 5.82 Å². The lowest BCUT2D eigenvalue weighted by Gasteiger charge is -2.19. The second kappa shape index (κ2) is 8.57. The molecule has 0 bridgehead atoms. The number of aromatic nitrogens is 2.